The molecule has 29 heavy (non-hydrogen) atoms. The molecule has 0 unspecified atom stereocenters. The summed E-state index contributed by atoms with van der Waals surface area (Å²) in [6, 6.07) is 20.2. The van der Waals surface area contributed by atoms with Crippen molar-refractivity contribution in [3.8, 4) is 5.75 Å². The van der Waals surface area contributed by atoms with Gasteiger partial charge in [-0.15, -0.1) is 10.2 Å². The van der Waals surface area contributed by atoms with Gasteiger partial charge in [-0.3, -0.25) is 4.79 Å². The van der Waals surface area contributed by atoms with E-state index in [1.165, 1.54) is 7.11 Å². The summed E-state index contributed by atoms with van der Waals surface area (Å²) in [5.41, 5.74) is 4.33. The lowest BCUT2D eigenvalue weighted by Gasteiger charge is -2.09. The number of methoxy groups -OCH3 is 1. The van der Waals surface area contributed by atoms with Crippen LogP contribution in [0.3, 0.4) is 0 Å². The number of benzene rings is 3. The second kappa shape index (κ2) is 9.61. The lowest BCUT2D eigenvalue weighted by atomic mass is 10.2. The van der Waals surface area contributed by atoms with E-state index in [0.717, 1.165) is 4.47 Å². The molecule has 146 valence electrons. The molecule has 3 rings (SSSR count). The highest BCUT2D eigenvalue weighted by Crippen LogP contribution is 2.20. The molecule has 0 atom stereocenters. The second-order valence-electron chi connectivity index (χ2n) is 5.75. The second-order valence-corrected chi connectivity index (χ2v) is 6.67. The van der Waals surface area contributed by atoms with Crippen molar-refractivity contribution in [2.45, 2.75) is 0 Å². The summed E-state index contributed by atoms with van der Waals surface area (Å²) in [4.78, 5) is 29.2. The van der Waals surface area contributed by atoms with Crippen molar-refractivity contribution in [2.24, 2.45) is 10.2 Å². The van der Waals surface area contributed by atoms with E-state index in [-0.39, 0.29) is 0 Å². The van der Waals surface area contributed by atoms with Gasteiger partial charge in [-0.2, -0.15) is 0 Å². The number of halogens is 1. The number of hydrogen-bond acceptors (Lipinski definition) is 6. The summed E-state index contributed by atoms with van der Waals surface area (Å²) in [6.07, 6.45) is 0. The van der Waals surface area contributed by atoms with Gasteiger partial charge in [0.05, 0.1) is 18.5 Å². The normalized spacial score (nSPS) is 10.6. The van der Waals surface area contributed by atoms with Crippen LogP contribution in [0.1, 0.15) is 20.7 Å². The molecule has 7 nitrogen and oxygen atoms in total. The Hall–Kier alpha value is -3.52. The number of rotatable bonds is 6. The van der Waals surface area contributed by atoms with Gasteiger partial charge < -0.3 is 9.57 Å². The number of anilines is 1. The Morgan fingerprint density at radius 2 is 1.62 bits per heavy atom. The minimum Gasteiger partial charge on any atom is -0.496 e. The Kier molecular flexibility index (Phi) is 6.70. The number of amides is 1. The van der Waals surface area contributed by atoms with E-state index in [2.05, 4.69) is 31.6 Å². The maximum Gasteiger partial charge on any atom is 0.366 e. The highest BCUT2D eigenvalue weighted by Gasteiger charge is 2.13. The van der Waals surface area contributed by atoms with Gasteiger partial charge in [0.15, 0.2) is 0 Å². The topological polar surface area (TPSA) is 89.3 Å². The third-order valence-electron chi connectivity index (χ3n) is 3.80. The predicted molar refractivity (Wildman–Crippen MR) is 111 cm³/mol. The Morgan fingerprint density at radius 3 is 2.31 bits per heavy atom. The minimum atomic E-state index is -0.577. The van der Waals surface area contributed by atoms with Crippen molar-refractivity contribution >= 4 is 39.2 Å². The first kappa shape index (κ1) is 20.2. The summed E-state index contributed by atoms with van der Waals surface area (Å²) in [5, 5.41) is 7.63. The monoisotopic (exact) mass is 453 g/mol. The van der Waals surface area contributed by atoms with Crippen molar-refractivity contribution in [3.63, 3.8) is 0 Å². The van der Waals surface area contributed by atoms with Crippen molar-refractivity contribution < 1.29 is 19.2 Å². The van der Waals surface area contributed by atoms with Crippen LogP contribution in [0.2, 0.25) is 0 Å². The number of para-hydroxylation sites is 1. The molecule has 0 aliphatic heterocycles. The average Bonchev–Trinajstić information content (AvgIpc) is 2.77. The van der Waals surface area contributed by atoms with Gasteiger partial charge in [0.25, 0.3) is 5.91 Å². The first-order chi connectivity index (χ1) is 14.1. The van der Waals surface area contributed by atoms with Gasteiger partial charge in [-0.1, -0.05) is 28.1 Å². The van der Waals surface area contributed by atoms with Crippen LogP contribution < -0.4 is 10.2 Å². The van der Waals surface area contributed by atoms with E-state index >= 15 is 0 Å². The van der Waals surface area contributed by atoms with Gasteiger partial charge in [-0.05, 0) is 60.7 Å². The lowest BCUT2D eigenvalue weighted by Crippen LogP contribution is -2.11. The Balaban J connectivity index is 1.58. The molecule has 1 N–H and O–H groups in total. The molecule has 3 aromatic carbocycles. The molecule has 0 saturated carbocycles. The number of carbonyl (C=O) groups excluding carboxylic acids is 2. The standard InChI is InChI=1S/C21H16BrN3O4/c1-28-19-5-3-2-4-18(19)21(27)29-25-17-12-10-16(11-13-17)23-24-20(26)14-6-8-15(22)9-7-14/h2-13,25H,1H3. The van der Waals surface area contributed by atoms with E-state index in [9.17, 15) is 9.59 Å². The molecule has 0 fully saturated rings. The summed E-state index contributed by atoms with van der Waals surface area (Å²) in [7, 11) is 1.48. The van der Waals surface area contributed by atoms with Crippen molar-refractivity contribution in [2.75, 3.05) is 12.6 Å². The zero-order valence-electron chi connectivity index (χ0n) is 15.3. The lowest BCUT2D eigenvalue weighted by molar-refractivity contribution is 0.0592. The molecule has 0 saturated heterocycles. The molecule has 0 aromatic heterocycles. The Labute approximate surface area is 175 Å². The van der Waals surface area contributed by atoms with E-state index in [4.69, 9.17) is 9.57 Å². The molecule has 0 aliphatic rings. The first-order valence-electron chi connectivity index (χ1n) is 8.49. The molecule has 0 heterocycles. The van der Waals surface area contributed by atoms with Crippen molar-refractivity contribution in [1.82, 2.24) is 0 Å². The van der Waals surface area contributed by atoms with Crippen molar-refractivity contribution in [1.29, 1.82) is 0 Å². The van der Waals surface area contributed by atoms with Crippen LogP contribution in [0.25, 0.3) is 0 Å². The largest absolute Gasteiger partial charge is 0.496 e. The molecular formula is C21H16BrN3O4. The van der Waals surface area contributed by atoms with Gasteiger partial charge in [0, 0.05) is 10.0 Å². The molecular weight excluding hydrogens is 438 g/mol. The maximum absolute atomic E-state index is 12.2. The van der Waals surface area contributed by atoms with Crippen LogP contribution >= 0.6 is 15.9 Å². The molecule has 0 spiro atoms. The SMILES string of the molecule is COc1ccccc1C(=O)ONc1ccc(N=NC(=O)c2ccc(Br)cc2)cc1. The number of nitrogens with zero attached hydrogens (tertiary/aromatic N) is 2. The zero-order valence-corrected chi connectivity index (χ0v) is 16.9. The fourth-order valence-corrected chi connectivity index (χ4v) is 2.59. The predicted octanol–water partition coefficient (Wildman–Crippen LogP) is 5.57. The number of nitrogens with one attached hydrogen (secondary N) is 1. The highest BCUT2D eigenvalue weighted by molar-refractivity contribution is 9.10. The summed E-state index contributed by atoms with van der Waals surface area (Å²) in [5.74, 6) is -0.595. The third kappa shape index (κ3) is 5.49. The summed E-state index contributed by atoms with van der Waals surface area (Å²) < 4.78 is 6.01. The molecule has 3 aromatic rings. The number of carbonyl (C=O) groups is 2. The molecule has 1 amide bonds. The first-order valence-corrected chi connectivity index (χ1v) is 9.28. The van der Waals surface area contributed by atoms with Gasteiger partial charge in [0.1, 0.15) is 11.3 Å². The zero-order chi connectivity index (χ0) is 20.6. The minimum absolute atomic E-state index is 0.305. The summed E-state index contributed by atoms with van der Waals surface area (Å²) >= 11 is 3.31. The summed E-state index contributed by atoms with van der Waals surface area (Å²) in [6.45, 7) is 0. The maximum atomic E-state index is 12.2. The van der Waals surface area contributed by atoms with Crippen LogP contribution in [-0.2, 0) is 4.84 Å². The van der Waals surface area contributed by atoms with E-state index in [1.54, 1.807) is 72.8 Å². The molecule has 8 heteroatoms. The van der Waals surface area contributed by atoms with E-state index in [0.29, 0.717) is 28.3 Å². The fourth-order valence-electron chi connectivity index (χ4n) is 2.32. The van der Waals surface area contributed by atoms with Crippen LogP contribution in [0, 0.1) is 0 Å². The fraction of sp³-hybridized carbons (Fsp3) is 0.0476. The van der Waals surface area contributed by atoms with Gasteiger partial charge in [0.2, 0.25) is 0 Å². The quantitative estimate of drug-likeness (QED) is 0.389. The Bertz CT molecular complexity index is 1030. The van der Waals surface area contributed by atoms with Crippen LogP contribution in [-0.4, -0.2) is 19.0 Å². The van der Waals surface area contributed by atoms with Gasteiger partial charge in [-0.25, -0.2) is 10.3 Å². The van der Waals surface area contributed by atoms with E-state index in [1.807, 2.05) is 0 Å². The number of hydrogen-bond donors (Lipinski definition) is 1. The van der Waals surface area contributed by atoms with Gasteiger partial charge >= 0.3 is 5.97 Å². The third-order valence-corrected chi connectivity index (χ3v) is 4.33. The Morgan fingerprint density at radius 1 is 0.931 bits per heavy atom. The van der Waals surface area contributed by atoms with E-state index < -0.39 is 11.9 Å². The molecule has 0 aliphatic carbocycles. The van der Waals surface area contributed by atoms with Crippen LogP contribution in [0.15, 0.2) is 87.5 Å². The van der Waals surface area contributed by atoms with Crippen molar-refractivity contribution in [3.05, 3.63) is 88.4 Å². The highest BCUT2D eigenvalue weighted by atomic mass is 79.9. The molecule has 0 radical (unpaired) electrons. The van der Waals surface area contributed by atoms with Crippen LogP contribution in [0.4, 0.5) is 11.4 Å². The molecule has 0 bridgehead atoms. The smallest absolute Gasteiger partial charge is 0.366 e. The number of ether oxygens (including phenoxy) is 1. The average molecular weight is 454 g/mol. The van der Waals surface area contributed by atoms with Crippen LogP contribution in [0.5, 0.6) is 5.75 Å². The number of azo groups is 1.